The van der Waals surface area contributed by atoms with Crippen molar-refractivity contribution in [2.24, 2.45) is 11.1 Å². The third-order valence-electron chi connectivity index (χ3n) is 2.94. The number of primary sulfonamides is 1. The number of sulfonamides is 1. The molecule has 1 aliphatic rings. The summed E-state index contributed by atoms with van der Waals surface area (Å²) in [7, 11) is -4.16. The van der Waals surface area contributed by atoms with Gasteiger partial charge in [-0.3, -0.25) is 4.79 Å². The topological polar surface area (TPSA) is 98.5 Å². The van der Waals surface area contributed by atoms with Gasteiger partial charge < -0.3 is 10.1 Å². The van der Waals surface area contributed by atoms with Gasteiger partial charge in [-0.1, -0.05) is 0 Å². The van der Waals surface area contributed by atoms with Gasteiger partial charge in [0.2, 0.25) is 10.0 Å². The number of nitrogens with two attached hydrogens (primary N) is 1. The lowest BCUT2D eigenvalue weighted by Crippen LogP contribution is -2.30. The molecule has 116 valence electrons. The molecule has 0 aromatic heterocycles. The van der Waals surface area contributed by atoms with Crippen LogP contribution < -0.4 is 15.2 Å². The highest BCUT2D eigenvalue weighted by atomic mass is 79.9. The molecule has 0 atom stereocenters. The van der Waals surface area contributed by atoms with E-state index in [2.05, 4.69) is 21.2 Å². The zero-order valence-electron chi connectivity index (χ0n) is 10.9. The normalized spacial score (nSPS) is 14.8. The number of nitrogens with one attached hydrogen (secondary N) is 1. The number of halogens is 2. The molecular weight excluding hydrogens is 367 g/mol. The van der Waals surface area contributed by atoms with Crippen molar-refractivity contribution < 1.29 is 22.3 Å². The largest absolute Gasteiger partial charge is 0.482 e. The van der Waals surface area contributed by atoms with E-state index in [0.717, 1.165) is 25.0 Å². The van der Waals surface area contributed by atoms with Crippen LogP contribution >= 0.6 is 15.9 Å². The molecule has 1 aliphatic carbocycles. The van der Waals surface area contributed by atoms with Crippen LogP contribution in [-0.4, -0.2) is 27.5 Å². The highest BCUT2D eigenvalue weighted by Crippen LogP contribution is 2.30. The summed E-state index contributed by atoms with van der Waals surface area (Å²) in [5.74, 6) is -0.771. The van der Waals surface area contributed by atoms with E-state index in [4.69, 9.17) is 9.88 Å². The van der Waals surface area contributed by atoms with Crippen LogP contribution in [-0.2, 0) is 14.8 Å². The zero-order chi connectivity index (χ0) is 15.6. The van der Waals surface area contributed by atoms with Crippen molar-refractivity contribution in [1.82, 2.24) is 5.32 Å². The van der Waals surface area contributed by atoms with Crippen LogP contribution in [0.3, 0.4) is 0 Å². The average molecular weight is 381 g/mol. The minimum atomic E-state index is -4.16. The highest BCUT2D eigenvalue weighted by Gasteiger charge is 2.22. The fourth-order valence-electron chi connectivity index (χ4n) is 1.61. The fourth-order valence-corrected chi connectivity index (χ4v) is 2.84. The molecule has 3 N–H and O–H groups in total. The maximum atomic E-state index is 13.7. The number of carbonyl (C=O) groups excluding carboxylic acids is 1. The quantitative estimate of drug-likeness (QED) is 0.772. The van der Waals surface area contributed by atoms with Gasteiger partial charge in [0.1, 0.15) is 16.5 Å². The number of amides is 1. The lowest BCUT2D eigenvalue weighted by Gasteiger charge is -2.10. The Morgan fingerprint density at radius 2 is 2.14 bits per heavy atom. The number of rotatable bonds is 6. The third-order valence-corrected chi connectivity index (χ3v) is 4.48. The molecule has 0 radical (unpaired) electrons. The van der Waals surface area contributed by atoms with E-state index in [1.54, 1.807) is 0 Å². The molecule has 0 saturated heterocycles. The van der Waals surface area contributed by atoms with Crippen LogP contribution in [0.15, 0.2) is 21.5 Å². The Morgan fingerprint density at radius 3 is 2.71 bits per heavy atom. The van der Waals surface area contributed by atoms with E-state index in [1.807, 2.05) is 0 Å². The summed E-state index contributed by atoms with van der Waals surface area (Å²) in [5.41, 5.74) is 0. The lowest BCUT2D eigenvalue weighted by molar-refractivity contribution is -0.123. The molecule has 1 saturated carbocycles. The SMILES string of the molecule is NS(=O)(=O)c1cc(Br)c(OCC(=O)NCC2CC2)cc1F. The van der Waals surface area contributed by atoms with E-state index >= 15 is 0 Å². The van der Waals surface area contributed by atoms with Crippen LogP contribution in [0.2, 0.25) is 0 Å². The Balaban J connectivity index is 1.99. The Kier molecular flexibility index (Phi) is 4.84. The molecule has 0 bridgehead atoms. The first-order valence-corrected chi connectivity index (χ1v) is 8.52. The molecule has 1 amide bonds. The summed E-state index contributed by atoms with van der Waals surface area (Å²) in [6.45, 7) is 0.335. The van der Waals surface area contributed by atoms with Gasteiger partial charge in [-0.2, -0.15) is 0 Å². The lowest BCUT2D eigenvalue weighted by atomic mass is 10.3. The van der Waals surface area contributed by atoms with Crippen LogP contribution in [0.4, 0.5) is 4.39 Å². The molecule has 2 rings (SSSR count). The number of hydrogen-bond donors (Lipinski definition) is 2. The van der Waals surface area contributed by atoms with Crippen LogP contribution in [0, 0.1) is 11.7 Å². The van der Waals surface area contributed by atoms with E-state index in [-0.39, 0.29) is 22.7 Å². The van der Waals surface area contributed by atoms with Crippen molar-refractivity contribution >= 4 is 31.9 Å². The smallest absolute Gasteiger partial charge is 0.257 e. The van der Waals surface area contributed by atoms with Crippen LogP contribution in [0.1, 0.15) is 12.8 Å². The second-order valence-corrected chi connectivity index (χ2v) is 7.18. The van der Waals surface area contributed by atoms with Crippen molar-refractivity contribution in [3.63, 3.8) is 0 Å². The molecule has 1 aromatic carbocycles. The molecule has 6 nitrogen and oxygen atoms in total. The molecule has 0 aliphatic heterocycles. The maximum absolute atomic E-state index is 13.7. The van der Waals surface area contributed by atoms with E-state index < -0.39 is 20.7 Å². The van der Waals surface area contributed by atoms with Crippen molar-refractivity contribution in [2.45, 2.75) is 17.7 Å². The van der Waals surface area contributed by atoms with Gasteiger partial charge in [0.05, 0.1) is 4.47 Å². The summed E-state index contributed by atoms with van der Waals surface area (Å²) in [4.78, 5) is 10.9. The summed E-state index contributed by atoms with van der Waals surface area (Å²) in [6, 6.07) is 1.88. The van der Waals surface area contributed by atoms with Gasteiger partial charge in [0.25, 0.3) is 5.91 Å². The zero-order valence-corrected chi connectivity index (χ0v) is 13.3. The number of carbonyl (C=O) groups is 1. The average Bonchev–Trinajstić information content (AvgIpc) is 3.19. The van der Waals surface area contributed by atoms with Gasteiger partial charge in [-0.25, -0.2) is 17.9 Å². The Morgan fingerprint density at radius 1 is 1.48 bits per heavy atom. The number of ether oxygens (including phenoxy) is 1. The van der Waals surface area contributed by atoms with Gasteiger partial charge in [0.15, 0.2) is 6.61 Å². The van der Waals surface area contributed by atoms with Gasteiger partial charge in [0, 0.05) is 12.6 Å². The Bertz CT molecular complexity index is 661. The minimum absolute atomic E-state index is 0.0291. The molecular formula is C12H14BrFN2O4S. The third kappa shape index (κ3) is 4.65. The monoisotopic (exact) mass is 380 g/mol. The van der Waals surface area contributed by atoms with Crippen molar-refractivity contribution in [1.29, 1.82) is 0 Å². The molecule has 1 aromatic rings. The van der Waals surface area contributed by atoms with E-state index in [0.29, 0.717) is 12.5 Å². The highest BCUT2D eigenvalue weighted by molar-refractivity contribution is 9.10. The first-order valence-electron chi connectivity index (χ1n) is 6.18. The second kappa shape index (κ2) is 6.29. The fraction of sp³-hybridized carbons (Fsp3) is 0.417. The number of hydrogen-bond acceptors (Lipinski definition) is 4. The Hall–Kier alpha value is -1.19. The molecule has 0 spiro atoms. The first kappa shape index (κ1) is 16.2. The van der Waals surface area contributed by atoms with Crippen molar-refractivity contribution in [3.8, 4) is 5.75 Å². The van der Waals surface area contributed by atoms with Crippen LogP contribution in [0.5, 0.6) is 5.75 Å². The summed E-state index contributed by atoms with van der Waals surface area (Å²) >= 11 is 3.05. The molecule has 21 heavy (non-hydrogen) atoms. The van der Waals surface area contributed by atoms with Gasteiger partial charge in [-0.15, -0.1) is 0 Å². The molecule has 9 heteroatoms. The van der Waals surface area contributed by atoms with Crippen LogP contribution in [0.25, 0.3) is 0 Å². The minimum Gasteiger partial charge on any atom is -0.482 e. The van der Waals surface area contributed by atoms with Gasteiger partial charge >= 0.3 is 0 Å². The van der Waals surface area contributed by atoms with Crippen molar-refractivity contribution in [3.05, 3.63) is 22.4 Å². The van der Waals surface area contributed by atoms with E-state index in [9.17, 15) is 17.6 Å². The van der Waals surface area contributed by atoms with E-state index in [1.165, 1.54) is 0 Å². The van der Waals surface area contributed by atoms with Gasteiger partial charge in [-0.05, 0) is 40.8 Å². The molecule has 0 heterocycles. The Labute approximate surface area is 130 Å². The summed E-state index contributed by atoms with van der Waals surface area (Å²) in [5, 5.41) is 7.57. The predicted molar refractivity (Wildman–Crippen MR) is 76.7 cm³/mol. The first-order chi connectivity index (χ1) is 9.77. The molecule has 1 fully saturated rings. The summed E-state index contributed by atoms with van der Waals surface area (Å²) < 4.78 is 41.3. The summed E-state index contributed by atoms with van der Waals surface area (Å²) in [6.07, 6.45) is 2.24. The number of benzene rings is 1. The predicted octanol–water partition coefficient (Wildman–Crippen LogP) is 1.14. The van der Waals surface area contributed by atoms with Crippen molar-refractivity contribution in [2.75, 3.05) is 13.2 Å². The maximum Gasteiger partial charge on any atom is 0.257 e. The standard InChI is InChI=1S/C12H14BrFN2O4S/c13-8-3-11(21(15,18)19)9(14)4-10(8)20-6-12(17)16-5-7-1-2-7/h3-4,7H,1-2,5-6H2,(H,16,17)(H2,15,18,19). The molecule has 0 unspecified atom stereocenters. The second-order valence-electron chi connectivity index (χ2n) is 4.79.